The molecule has 0 aliphatic carbocycles. The third kappa shape index (κ3) is 2.14. The maximum Gasteiger partial charge on any atom is 0.179 e. The van der Waals surface area contributed by atoms with Gasteiger partial charge in [-0.05, 0) is 38.0 Å². The minimum absolute atomic E-state index is 0.0654. The van der Waals surface area contributed by atoms with E-state index in [0.717, 1.165) is 11.1 Å². The summed E-state index contributed by atoms with van der Waals surface area (Å²) in [6.45, 7) is 5.48. The fourth-order valence-corrected chi connectivity index (χ4v) is 1.50. The van der Waals surface area contributed by atoms with Crippen molar-refractivity contribution in [2.75, 3.05) is 0 Å². The summed E-state index contributed by atoms with van der Waals surface area (Å²) >= 11 is 5.94. The van der Waals surface area contributed by atoms with Gasteiger partial charge in [-0.2, -0.15) is 0 Å². The molecule has 1 aromatic rings. The van der Waals surface area contributed by atoms with Crippen molar-refractivity contribution in [1.82, 2.24) is 0 Å². The lowest BCUT2D eigenvalue weighted by Gasteiger charge is -2.09. The average molecular weight is 212 g/mol. The molecule has 0 heterocycles. The Bertz CT molecular complexity index is 372. The molecule has 0 radical (unpaired) electrons. The van der Waals surface area contributed by atoms with Crippen LogP contribution in [0.4, 0.5) is 0 Å². The smallest absolute Gasteiger partial charge is 0.179 e. The van der Waals surface area contributed by atoms with Gasteiger partial charge in [-0.3, -0.25) is 4.79 Å². The van der Waals surface area contributed by atoms with Gasteiger partial charge in [-0.25, -0.2) is 0 Å². The summed E-state index contributed by atoms with van der Waals surface area (Å²) in [6, 6.07) is 3.11. The lowest BCUT2D eigenvalue weighted by atomic mass is 9.99. The summed E-state index contributed by atoms with van der Waals surface area (Å²) in [5.41, 5.74) is 8.06. The monoisotopic (exact) mass is 211 g/mol. The van der Waals surface area contributed by atoms with Gasteiger partial charge in [0.2, 0.25) is 0 Å². The van der Waals surface area contributed by atoms with E-state index in [-0.39, 0.29) is 5.78 Å². The third-order valence-corrected chi connectivity index (χ3v) is 2.59. The highest BCUT2D eigenvalue weighted by Gasteiger charge is 2.14. The number of halogens is 1. The quantitative estimate of drug-likeness (QED) is 0.764. The minimum Gasteiger partial charge on any atom is -0.321 e. The number of ketones is 1. The second kappa shape index (κ2) is 4.11. The molecule has 3 heteroatoms. The van der Waals surface area contributed by atoms with E-state index in [1.165, 1.54) is 0 Å². The Morgan fingerprint density at radius 1 is 1.36 bits per heavy atom. The number of hydrogen-bond donors (Lipinski definition) is 1. The zero-order valence-electron chi connectivity index (χ0n) is 8.60. The Labute approximate surface area is 89.1 Å². The highest BCUT2D eigenvalue weighted by atomic mass is 35.5. The van der Waals surface area contributed by atoms with E-state index in [4.69, 9.17) is 17.3 Å². The van der Waals surface area contributed by atoms with Crippen LogP contribution in [0, 0.1) is 13.8 Å². The number of nitrogens with two attached hydrogens (primary N) is 1. The van der Waals surface area contributed by atoms with E-state index in [1.807, 2.05) is 19.9 Å². The van der Waals surface area contributed by atoms with Gasteiger partial charge in [-0.15, -0.1) is 0 Å². The Balaban J connectivity index is 3.22. The molecule has 76 valence electrons. The van der Waals surface area contributed by atoms with Crippen LogP contribution in [0.3, 0.4) is 0 Å². The molecule has 1 aromatic carbocycles. The minimum atomic E-state index is -0.479. The fraction of sp³-hybridized carbons (Fsp3) is 0.364. The number of carbonyl (C=O) groups is 1. The van der Waals surface area contributed by atoms with Gasteiger partial charge in [0, 0.05) is 10.6 Å². The maximum atomic E-state index is 11.6. The molecular weight excluding hydrogens is 198 g/mol. The lowest BCUT2D eigenvalue weighted by Crippen LogP contribution is -2.27. The van der Waals surface area contributed by atoms with Crippen LogP contribution in [-0.4, -0.2) is 11.8 Å². The molecule has 0 spiro atoms. The summed E-state index contributed by atoms with van der Waals surface area (Å²) in [7, 11) is 0. The first-order chi connectivity index (χ1) is 6.43. The van der Waals surface area contributed by atoms with Crippen LogP contribution < -0.4 is 5.73 Å². The molecule has 1 atom stereocenters. The van der Waals surface area contributed by atoms with Crippen LogP contribution in [0.15, 0.2) is 12.1 Å². The van der Waals surface area contributed by atoms with Crippen LogP contribution in [0.25, 0.3) is 0 Å². The average Bonchev–Trinajstić information content (AvgIpc) is 2.10. The largest absolute Gasteiger partial charge is 0.321 e. The number of rotatable bonds is 2. The number of benzene rings is 1. The first-order valence-corrected chi connectivity index (χ1v) is 4.88. The fourth-order valence-electron chi connectivity index (χ4n) is 1.34. The van der Waals surface area contributed by atoms with Crippen LogP contribution in [-0.2, 0) is 0 Å². The van der Waals surface area contributed by atoms with Crippen molar-refractivity contribution in [1.29, 1.82) is 0 Å². The molecule has 0 aliphatic rings. The van der Waals surface area contributed by atoms with E-state index in [0.29, 0.717) is 10.6 Å². The molecule has 0 amide bonds. The van der Waals surface area contributed by atoms with Crippen LogP contribution in [0.5, 0.6) is 0 Å². The molecule has 2 N–H and O–H groups in total. The van der Waals surface area contributed by atoms with Gasteiger partial charge in [0.1, 0.15) is 0 Å². The maximum absolute atomic E-state index is 11.6. The lowest BCUT2D eigenvalue weighted by molar-refractivity contribution is 0.0967. The van der Waals surface area contributed by atoms with Gasteiger partial charge in [0.25, 0.3) is 0 Å². The predicted octanol–water partition coefficient (Wildman–Crippen LogP) is 2.49. The molecule has 0 saturated carbocycles. The Kier molecular flexibility index (Phi) is 3.29. The van der Waals surface area contributed by atoms with Gasteiger partial charge in [0.05, 0.1) is 6.04 Å². The highest BCUT2D eigenvalue weighted by Crippen LogP contribution is 2.21. The number of carbonyl (C=O) groups excluding carboxylic acids is 1. The molecule has 1 unspecified atom stereocenters. The Morgan fingerprint density at radius 2 is 1.93 bits per heavy atom. The van der Waals surface area contributed by atoms with Crippen LogP contribution >= 0.6 is 11.6 Å². The number of aryl methyl sites for hydroxylation is 2. The summed E-state index contributed by atoms with van der Waals surface area (Å²) in [5, 5.41) is 0.611. The zero-order chi connectivity index (χ0) is 10.9. The topological polar surface area (TPSA) is 43.1 Å². The molecule has 0 aliphatic heterocycles. The number of hydrogen-bond acceptors (Lipinski definition) is 2. The summed E-state index contributed by atoms with van der Waals surface area (Å²) in [4.78, 5) is 11.6. The molecular formula is C11H14ClNO. The summed E-state index contributed by atoms with van der Waals surface area (Å²) < 4.78 is 0. The first kappa shape index (κ1) is 11.2. The molecule has 14 heavy (non-hydrogen) atoms. The Morgan fingerprint density at radius 3 is 2.43 bits per heavy atom. The van der Waals surface area contributed by atoms with Gasteiger partial charge in [0.15, 0.2) is 5.78 Å². The zero-order valence-corrected chi connectivity index (χ0v) is 9.35. The van der Waals surface area contributed by atoms with Crippen molar-refractivity contribution in [2.24, 2.45) is 5.73 Å². The molecule has 0 fully saturated rings. The van der Waals surface area contributed by atoms with Crippen LogP contribution in [0.1, 0.15) is 28.4 Å². The van der Waals surface area contributed by atoms with E-state index >= 15 is 0 Å². The summed E-state index contributed by atoms with van der Waals surface area (Å²) in [5.74, 6) is -0.0654. The van der Waals surface area contributed by atoms with Gasteiger partial charge >= 0.3 is 0 Å². The van der Waals surface area contributed by atoms with Crippen molar-refractivity contribution in [3.05, 3.63) is 33.8 Å². The Hall–Kier alpha value is -0.860. The van der Waals surface area contributed by atoms with Crippen molar-refractivity contribution < 1.29 is 4.79 Å². The standard InChI is InChI=1S/C11H14ClNO/c1-6-4-7(2)10(12)5-9(6)11(14)8(3)13/h4-5,8H,13H2,1-3H3. The highest BCUT2D eigenvalue weighted by molar-refractivity contribution is 6.31. The van der Waals surface area contributed by atoms with Crippen molar-refractivity contribution in [3.63, 3.8) is 0 Å². The van der Waals surface area contributed by atoms with E-state index in [2.05, 4.69) is 0 Å². The van der Waals surface area contributed by atoms with Crippen molar-refractivity contribution in [2.45, 2.75) is 26.8 Å². The summed E-state index contributed by atoms with van der Waals surface area (Å²) in [6.07, 6.45) is 0. The van der Waals surface area contributed by atoms with E-state index in [1.54, 1.807) is 13.0 Å². The van der Waals surface area contributed by atoms with Crippen molar-refractivity contribution >= 4 is 17.4 Å². The van der Waals surface area contributed by atoms with Crippen molar-refractivity contribution in [3.8, 4) is 0 Å². The number of Topliss-reactive ketones (excluding diaryl/α,β-unsaturated/α-hetero) is 1. The molecule has 1 rings (SSSR count). The normalized spacial score (nSPS) is 12.6. The SMILES string of the molecule is Cc1cc(C)c(C(=O)C(C)N)cc1Cl. The van der Waals surface area contributed by atoms with Gasteiger partial charge < -0.3 is 5.73 Å². The second-order valence-electron chi connectivity index (χ2n) is 3.57. The van der Waals surface area contributed by atoms with E-state index < -0.39 is 6.04 Å². The molecule has 0 aromatic heterocycles. The molecule has 0 bridgehead atoms. The van der Waals surface area contributed by atoms with Gasteiger partial charge in [-0.1, -0.05) is 17.7 Å². The van der Waals surface area contributed by atoms with E-state index in [9.17, 15) is 4.79 Å². The molecule has 0 saturated heterocycles. The van der Waals surface area contributed by atoms with Crippen LogP contribution in [0.2, 0.25) is 5.02 Å². The molecule has 2 nitrogen and oxygen atoms in total. The first-order valence-electron chi connectivity index (χ1n) is 4.50. The third-order valence-electron chi connectivity index (χ3n) is 2.18. The predicted molar refractivity (Wildman–Crippen MR) is 58.9 cm³/mol. The second-order valence-corrected chi connectivity index (χ2v) is 3.98.